The van der Waals surface area contributed by atoms with Crippen molar-refractivity contribution in [3.63, 3.8) is 0 Å². The van der Waals surface area contributed by atoms with E-state index in [1.54, 1.807) is 38.1 Å². The van der Waals surface area contributed by atoms with Gasteiger partial charge >= 0.3 is 0 Å². The number of rotatable bonds is 5. The van der Waals surface area contributed by atoms with Crippen LogP contribution in [0.15, 0.2) is 59.4 Å². The molecule has 0 bridgehead atoms. The van der Waals surface area contributed by atoms with Gasteiger partial charge < -0.3 is 10.6 Å². The Morgan fingerprint density at radius 3 is 2.31 bits per heavy atom. The number of sulfonamides is 1. The van der Waals surface area contributed by atoms with Gasteiger partial charge in [0, 0.05) is 28.7 Å². The molecule has 4 rings (SSSR count). The van der Waals surface area contributed by atoms with Gasteiger partial charge in [-0.1, -0.05) is 35.3 Å². The molecule has 35 heavy (non-hydrogen) atoms. The van der Waals surface area contributed by atoms with Crippen molar-refractivity contribution in [2.45, 2.75) is 43.3 Å². The standard InChI is InChI=1S/C23H23Cl2FN4O4S/c1-13(2)28-12-21-29(35(33,34)20-10-16(25)7-8-17(20)26)11-18(27)22(31)30(21)19(23(28)32)9-14-3-5-15(24)6-4-14/h3-8,10,12-13,18-19H,9,11,27H2,1-2H3. The number of nitrogens with zero attached hydrogens (tertiary/aromatic N) is 3. The molecule has 0 aliphatic carbocycles. The van der Waals surface area contributed by atoms with Crippen molar-refractivity contribution >= 4 is 45.0 Å². The van der Waals surface area contributed by atoms with Gasteiger partial charge in [-0.15, -0.1) is 0 Å². The zero-order valence-corrected chi connectivity index (χ0v) is 21.2. The van der Waals surface area contributed by atoms with Crippen LogP contribution in [0, 0.1) is 5.82 Å². The summed E-state index contributed by atoms with van der Waals surface area (Å²) < 4.78 is 42.7. The molecule has 0 spiro atoms. The first-order chi connectivity index (χ1) is 16.4. The molecule has 2 N–H and O–H groups in total. The van der Waals surface area contributed by atoms with Crippen molar-refractivity contribution in [1.29, 1.82) is 0 Å². The molecular weight excluding hydrogens is 518 g/mol. The normalized spacial score (nSPS) is 20.9. The van der Waals surface area contributed by atoms with Crippen LogP contribution in [-0.2, 0) is 26.0 Å². The number of nitrogens with two attached hydrogens (primary N) is 1. The molecule has 0 aromatic heterocycles. The summed E-state index contributed by atoms with van der Waals surface area (Å²) in [5.41, 5.74) is 6.76. The molecule has 2 amide bonds. The second-order valence-electron chi connectivity index (χ2n) is 8.60. The van der Waals surface area contributed by atoms with Crippen LogP contribution < -0.4 is 5.73 Å². The van der Waals surface area contributed by atoms with Crippen molar-refractivity contribution in [3.8, 4) is 0 Å². The second kappa shape index (κ2) is 9.42. The van der Waals surface area contributed by atoms with Gasteiger partial charge in [0.15, 0.2) is 0 Å². The fourth-order valence-electron chi connectivity index (χ4n) is 4.11. The molecule has 8 nitrogen and oxygen atoms in total. The molecule has 0 radical (unpaired) electrons. The molecule has 1 saturated heterocycles. The van der Waals surface area contributed by atoms with E-state index in [1.807, 2.05) is 0 Å². The minimum absolute atomic E-state index is 0.0245. The third kappa shape index (κ3) is 4.63. The Kier molecular flexibility index (Phi) is 6.85. The van der Waals surface area contributed by atoms with Crippen LogP contribution in [0.1, 0.15) is 19.4 Å². The van der Waals surface area contributed by atoms with E-state index in [1.165, 1.54) is 17.2 Å². The van der Waals surface area contributed by atoms with Crippen LogP contribution in [0.25, 0.3) is 0 Å². The third-order valence-electron chi connectivity index (χ3n) is 5.89. The van der Waals surface area contributed by atoms with E-state index in [9.17, 15) is 22.4 Å². The predicted octanol–water partition coefficient (Wildman–Crippen LogP) is 2.95. The summed E-state index contributed by atoms with van der Waals surface area (Å²) in [5.74, 6) is -2.09. The highest BCUT2D eigenvalue weighted by Gasteiger charge is 2.49. The number of amides is 2. The summed E-state index contributed by atoms with van der Waals surface area (Å²) in [6.45, 7) is 3.09. The fraction of sp³-hybridized carbons (Fsp3) is 0.304. The maximum atomic E-state index is 14.6. The summed E-state index contributed by atoms with van der Waals surface area (Å²) in [7, 11) is -4.53. The highest BCUT2D eigenvalue weighted by Crippen LogP contribution is 2.35. The van der Waals surface area contributed by atoms with Gasteiger partial charge in [-0.2, -0.15) is 0 Å². The molecule has 2 unspecified atom stereocenters. The molecule has 2 aromatic carbocycles. The predicted molar refractivity (Wildman–Crippen MR) is 129 cm³/mol. The smallest absolute Gasteiger partial charge is 0.268 e. The van der Waals surface area contributed by atoms with Crippen LogP contribution in [-0.4, -0.2) is 59.0 Å². The molecule has 1 fully saturated rings. The average molecular weight is 541 g/mol. The van der Waals surface area contributed by atoms with Crippen LogP contribution in [0.4, 0.5) is 4.39 Å². The zero-order chi connectivity index (χ0) is 25.7. The van der Waals surface area contributed by atoms with Crippen LogP contribution in [0.3, 0.4) is 0 Å². The van der Waals surface area contributed by atoms with Crippen LogP contribution in [0.5, 0.6) is 0 Å². The Labute approximate surface area is 212 Å². The van der Waals surface area contributed by atoms with E-state index in [-0.39, 0.29) is 23.3 Å². The van der Waals surface area contributed by atoms with Gasteiger partial charge in [-0.05, 0) is 49.7 Å². The van der Waals surface area contributed by atoms with Gasteiger partial charge in [0.2, 0.25) is 11.8 Å². The van der Waals surface area contributed by atoms with Crippen molar-refractivity contribution in [1.82, 2.24) is 14.1 Å². The number of benzene rings is 2. The largest absolute Gasteiger partial charge is 0.318 e. The van der Waals surface area contributed by atoms with Crippen molar-refractivity contribution < 1.29 is 22.4 Å². The van der Waals surface area contributed by atoms with E-state index in [0.29, 0.717) is 10.6 Å². The average Bonchev–Trinajstić information content (AvgIpc) is 2.80. The lowest BCUT2D eigenvalue weighted by Gasteiger charge is -2.48. The summed E-state index contributed by atoms with van der Waals surface area (Å²) >= 11 is 11.9. The highest BCUT2D eigenvalue weighted by atomic mass is 35.5. The van der Waals surface area contributed by atoms with Gasteiger partial charge in [-0.25, -0.2) is 17.1 Å². The number of fused-ring (bicyclic) bond motifs is 1. The molecule has 2 aliphatic heterocycles. The molecule has 12 heteroatoms. The number of carbonyl (C=O) groups excluding carboxylic acids is 2. The van der Waals surface area contributed by atoms with Crippen LogP contribution in [0.2, 0.25) is 10.0 Å². The van der Waals surface area contributed by atoms with E-state index in [4.69, 9.17) is 28.9 Å². The van der Waals surface area contributed by atoms with E-state index < -0.39 is 51.2 Å². The van der Waals surface area contributed by atoms with Gasteiger partial charge in [0.1, 0.15) is 28.6 Å². The van der Waals surface area contributed by atoms with E-state index >= 15 is 0 Å². The van der Waals surface area contributed by atoms with Gasteiger partial charge in [0.25, 0.3) is 10.0 Å². The first kappa shape index (κ1) is 25.4. The SMILES string of the molecule is CC(C)N1C=C2N(C(=O)C(N)CN2S(=O)(=O)c2cc(Cl)ccc2F)C(Cc2ccc(Cl)cc2)C1=O. The number of carbonyl (C=O) groups is 2. The Bertz CT molecular complexity index is 1320. The summed E-state index contributed by atoms with van der Waals surface area (Å²) in [4.78, 5) is 28.5. The summed E-state index contributed by atoms with van der Waals surface area (Å²) in [6, 6.07) is 7.25. The third-order valence-corrected chi connectivity index (χ3v) is 8.16. The summed E-state index contributed by atoms with van der Waals surface area (Å²) in [6.07, 6.45) is 1.39. The molecular formula is C23H23Cl2FN4O4S. The maximum Gasteiger partial charge on any atom is 0.268 e. The van der Waals surface area contributed by atoms with E-state index in [0.717, 1.165) is 21.3 Å². The first-order valence-electron chi connectivity index (χ1n) is 10.8. The van der Waals surface area contributed by atoms with Crippen molar-refractivity contribution in [3.05, 3.63) is 75.9 Å². The summed E-state index contributed by atoms with van der Waals surface area (Å²) in [5, 5.41) is 0.529. The lowest BCUT2D eigenvalue weighted by atomic mass is 9.99. The quantitative estimate of drug-likeness (QED) is 0.627. The lowest BCUT2D eigenvalue weighted by Crippen LogP contribution is -2.66. The highest BCUT2D eigenvalue weighted by molar-refractivity contribution is 7.89. The maximum absolute atomic E-state index is 14.6. The molecule has 2 heterocycles. The molecule has 186 valence electrons. The Morgan fingerprint density at radius 2 is 1.69 bits per heavy atom. The number of halogens is 3. The first-order valence-corrected chi connectivity index (χ1v) is 13.0. The van der Waals surface area contributed by atoms with Gasteiger partial charge in [0.05, 0.1) is 6.54 Å². The lowest BCUT2D eigenvalue weighted by molar-refractivity contribution is -0.149. The Balaban J connectivity index is 1.85. The molecule has 0 saturated carbocycles. The van der Waals surface area contributed by atoms with Gasteiger partial charge in [-0.3, -0.25) is 14.5 Å². The zero-order valence-electron chi connectivity index (χ0n) is 18.9. The fourth-order valence-corrected chi connectivity index (χ4v) is 6.04. The molecule has 2 aromatic rings. The molecule has 2 aliphatic rings. The molecule has 2 atom stereocenters. The minimum Gasteiger partial charge on any atom is -0.318 e. The van der Waals surface area contributed by atoms with Crippen molar-refractivity contribution in [2.75, 3.05) is 6.54 Å². The number of hydrogen-bond acceptors (Lipinski definition) is 5. The van der Waals surface area contributed by atoms with Crippen LogP contribution >= 0.6 is 23.2 Å². The topological polar surface area (TPSA) is 104 Å². The minimum atomic E-state index is -4.53. The Morgan fingerprint density at radius 1 is 1.06 bits per heavy atom. The van der Waals surface area contributed by atoms with Crippen molar-refractivity contribution in [2.24, 2.45) is 5.73 Å². The number of hydrogen-bond donors (Lipinski definition) is 1. The second-order valence-corrected chi connectivity index (χ2v) is 11.3. The monoisotopic (exact) mass is 540 g/mol. The van der Waals surface area contributed by atoms with E-state index in [2.05, 4.69) is 0 Å². The Hall–Kier alpha value is -2.66.